The summed E-state index contributed by atoms with van der Waals surface area (Å²) >= 11 is 0. The topological polar surface area (TPSA) is 93.2 Å². The van der Waals surface area contributed by atoms with Gasteiger partial charge in [-0.2, -0.15) is 0 Å². The fourth-order valence-corrected chi connectivity index (χ4v) is 10.8. The van der Waals surface area contributed by atoms with Crippen LogP contribution in [0.5, 0.6) is 0 Å². The zero-order chi connectivity index (χ0) is 43.6. The summed E-state index contributed by atoms with van der Waals surface area (Å²) in [4.78, 5) is 47.8. The summed E-state index contributed by atoms with van der Waals surface area (Å²) in [5.41, 5.74) is 13.2. The van der Waals surface area contributed by atoms with Crippen molar-refractivity contribution in [2.45, 2.75) is 18.1 Å². The number of imide groups is 1. The molecule has 2 saturated heterocycles. The van der Waals surface area contributed by atoms with Crippen LogP contribution < -0.4 is 20.9 Å². The van der Waals surface area contributed by atoms with Crippen LogP contribution >= 0.6 is 0 Å². The Balaban J connectivity index is 1.15. The lowest BCUT2D eigenvalue weighted by Gasteiger charge is -2.31. The number of anilines is 1. The number of hydrogen-bond donors (Lipinski definition) is 2. The van der Waals surface area contributed by atoms with E-state index < -0.39 is 23.9 Å². The number of nitrogens with one attached hydrogen (secondary N) is 2. The number of hydrogen-bond acceptors (Lipinski definition) is 6. The third-order valence-corrected chi connectivity index (χ3v) is 13.6. The molecule has 65 heavy (non-hydrogen) atoms. The maximum atomic E-state index is 14.9. The second-order valence-corrected chi connectivity index (χ2v) is 17.4. The molecular weight excluding hydrogens is 801 g/mol. The number of nitrogens with zero attached hydrogens (tertiary/aromatic N) is 4. The third kappa shape index (κ3) is 6.48. The van der Waals surface area contributed by atoms with Crippen LogP contribution in [0.15, 0.2) is 221 Å². The highest BCUT2D eigenvalue weighted by Crippen LogP contribution is 2.47. The minimum atomic E-state index is -0.587. The molecule has 12 rings (SSSR count). The van der Waals surface area contributed by atoms with Crippen LogP contribution in [0.25, 0.3) is 22.3 Å². The lowest BCUT2D eigenvalue weighted by atomic mass is 9.82. The lowest BCUT2D eigenvalue weighted by molar-refractivity contribution is -0.123. The first kappa shape index (κ1) is 38.7. The second kappa shape index (κ2) is 15.7. The molecule has 2 N–H and O–H groups in total. The number of likely N-dealkylation sites (tertiary alicyclic amines) is 1. The molecule has 0 spiro atoms. The SMILES string of the molecule is CN1C[C@@H]2C(=O)N(c3ccccc3)C(=O)[C@@H]2[C@H]1C1=C/C2=C(\c3ccccc3)C3C=CC(=N3)/C(c3ccccc3)=c3/cc/c([nH]3)=C(\c3ccccc3)C3=N/C(=C(/c4ccccc4)C1N2)C=C3. The summed E-state index contributed by atoms with van der Waals surface area (Å²) in [6.07, 6.45) is 10.8. The van der Waals surface area contributed by atoms with Crippen molar-refractivity contribution >= 4 is 51.2 Å². The minimum Gasteiger partial charge on any atom is -0.374 e. The number of H-pyrrole nitrogens is 1. The summed E-state index contributed by atoms with van der Waals surface area (Å²) in [6.45, 7) is 0.460. The van der Waals surface area contributed by atoms with Crippen molar-refractivity contribution < 1.29 is 9.59 Å². The van der Waals surface area contributed by atoms with E-state index in [0.29, 0.717) is 12.2 Å². The van der Waals surface area contributed by atoms with Crippen LogP contribution in [-0.4, -0.2) is 64.8 Å². The Labute approximate surface area is 377 Å². The molecule has 6 aliphatic rings. The molecule has 2 amide bonds. The monoisotopic (exact) mass is 844 g/mol. The first-order valence-electron chi connectivity index (χ1n) is 22.3. The Morgan fingerprint density at radius 3 is 1.75 bits per heavy atom. The molecule has 8 bridgehead atoms. The van der Waals surface area contributed by atoms with Gasteiger partial charge in [0.25, 0.3) is 0 Å². The normalized spacial score (nSPS) is 27.5. The van der Waals surface area contributed by atoms with E-state index in [1.807, 2.05) is 61.6 Å². The Kier molecular flexibility index (Phi) is 9.35. The van der Waals surface area contributed by atoms with Gasteiger partial charge in [-0.15, -0.1) is 0 Å². The molecule has 8 heteroatoms. The van der Waals surface area contributed by atoms with Crippen molar-refractivity contribution in [3.05, 3.63) is 244 Å². The smallest absolute Gasteiger partial charge is 0.239 e. The van der Waals surface area contributed by atoms with E-state index in [1.54, 1.807) is 0 Å². The Morgan fingerprint density at radius 2 is 1.14 bits per heavy atom. The number of aromatic amines is 1. The minimum absolute atomic E-state index is 0.149. The molecular formula is C57H44N6O2. The van der Waals surface area contributed by atoms with E-state index in [9.17, 15) is 9.59 Å². The van der Waals surface area contributed by atoms with Crippen LogP contribution in [0.2, 0.25) is 0 Å². The van der Waals surface area contributed by atoms with E-state index >= 15 is 0 Å². The molecule has 0 saturated carbocycles. The highest BCUT2D eigenvalue weighted by atomic mass is 16.2. The number of likely N-dealkylation sites (N-methyl/N-ethyl adjacent to an activating group) is 1. The van der Waals surface area contributed by atoms with Crippen LogP contribution in [0.3, 0.4) is 0 Å². The molecule has 7 heterocycles. The zero-order valence-corrected chi connectivity index (χ0v) is 35.7. The van der Waals surface area contributed by atoms with Gasteiger partial charge in [-0.25, -0.2) is 9.89 Å². The number of aliphatic imine (C=N–C) groups is 2. The van der Waals surface area contributed by atoms with Crippen LogP contribution in [0.4, 0.5) is 5.69 Å². The van der Waals surface area contributed by atoms with Gasteiger partial charge in [-0.1, -0.05) is 146 Å². The van der Waals surface area contributed by atoms with Crippen molar-refractivity contribution in [1.82, 2.24) is 15.2 Å². The van der Waals surface area contributed by atoms with E-state index in [2.05, 4.69) is 155 Å². The fourth-order valence-electron chi connectivity index (χ4n) is 10.8. The van der Waals surface area contributed by atoms with E-state index in [1.165, 1.54) is 4.90 Å². The van der Waals surface area contributed by atoms with E-state index in [0.717, 1.165) is 83.6 Å². The molecule has 6 aromatic rings. The predicted molar refractivity (Wildman–Crippen MR) is 259 cm³/mol. The molecule has 0 radical (unpaired) electrons. The number of aromatic nitrogens is 1. The van der Waals surface area contributed by atoms with Gasteiger partial charge in [0.15, 0.2) is 0 Å². The zero-order valence-electron chi connectivity index (χ0n) is 35.7. The average molecular weight is 845 g/mol. The van der Waals surface area contributed by atoms with Crippen LogP contribution in [0.1, 0.15) is 22.3 Å². The lowest BCUT2D eigenvalue weighted by Crippen LogP contribution is -2.43. The van der Waals surface area contributed by atoms with Gasteiger partial charge in [-0.05, 0) is 83.4 Å². The number of fused-ring (bicyclic) bond motifs is 7. The number of allylic oxidation sites excluding steroid dienone is 4. The number of amides is 2. The number of carbonyl (C=O) groups is 2. The fraction of sp³-hybridized carbons (Fsp3) is 0.123. The first-order chi connectivity index (χ1) is 32.0. The summed E-state index contributed by atoms with van der Waals surface area (Å²) in [5.74, 6) is -1.39. The van der Waals surface area contributed by atoms with Crippen molar-refractivity contribution in [3.63, 3.8) is 0 Å². The summed E-state index contributed by atoms with van der Waals surface area (Å²) in [7, 11) is 2.05. The molecule has 1 aromatic heterocycles. The number of benzene rings is 5. The van der Waals surface area contributed by atoms with Crippen molar-refractivity contribution in [1.29, 1.82) is 0 Å². The summed E-state index contributed by atoms with van der Waals surface area (Å²) in [5, 5.41) is 5.98. The van der Waals surface area contributed by atoms with E-state index in [-0.39, 0.29) is 17.9 Å². The number of rotatable bonds is 6. The maximum Gasteiger partial charge on any atom is 0.239 e. The molecule has 2 fully saturated rings. The largest absolute Gasteiger partial charge is 0.374 e. The number of para-hydroxylation sites is 1. The number of carbonyl (C=O) groups excluding carboxylic acids is 2. The van der Waals surface area contributed by atoms with Gasteiger partial charge in [0, 0.05) is 51.3 Å². The van der Waals surface area contributed by atoms with Gasteiger partial charge in [0.05, 0.1) is 46.7 Å². The summed E-state index contributed by atoms with van der Waals surface area (Å²) < 4.78 is 0. The first-order valence-corrected chi connectivity index (χ1v) is 22.3. The van der Waals surface area contributed by atoms with Gasteiger partial charge in [-0.3, -0.25) is 19.5 Å². The third-order valence-electron chi connectivity index (χ3n) is 13.6. The molecule has 0 aliphatic carbocycles. The Morgan fingerprint density at radius 1 is 0.585 bits per heavy atom. The van der Waals surface area contributed by atoms with Crippen molar-refractivity contribution in [3.8, 4) is 0 Å². The molecule has 5 atom stereocenters. The molecule has 5 aromatic carbocycles. The molecule has 2 unspecified atom stereocenters. The Bertz CT molecular complexity index is 3270. The summed E-state index contributed by atoms with van der Waals surface area (Å²) in [6, 6.07) is 54.2. The maximum absolute atomic E-state index is 14.9. The highest BCUT2D eigenvalue weighted by molar-refractivity contribution is 6.31. The second-order valence-electron chi connectivity index (χ2n) is 17.4. The van der Waals surface area contributed by atoms with Crippen molar-refractivity contribution in [2.24, 2.45) is 21.8 Å². The van der Waals surface area contributed by atoms with Gasteiger partial charge >= 0.3 is 0 Å². The van der Waals surface area contributed by atoms with Crippen molar-refractivity contribution in [2.75, 3.05) is 18.5 Å². The quantitative estimate of drug-likeness (QED) is 0.169. The van der Waals surface area contributed by atoms with Gasteiger partial charge in [0.2, 0.25) is 11.8 Å². The van der Waals surface area contributed by atoms with Gasteiger partial charge < -0.3 is 10.3 Å². The Hall–Kier alpha value is -7.94. The predicted octanol–water partition coefficient (Wildman–Crippen LogP) is 7.66. The molecule has 314 valence electrons. The average Bonchev–Trinajstić information content (AvgIpc) is 4.23. The molecule has 6 aliphatic heterocycles. The van der Waals surface area contributed by atoms with Crippen LogP contribution in [-0.2, 0) is 9.59 Å². The molecule has 8 nitrogen and oxygen atoms in total. The van der Waals surface area contributed by atoms with Crippen LogP contribution in [0, 0.1) is 11.8 Å². The standard InChI is InChI=1S/C57H44N6O2/c1-62-34-41-53(57(65)63(56(41)64)39-25-15-6-16-26-39)55(62)40-33-48-51(37-21-11-4-12-22-37)46-30-29-44(59-46)49(35-17-7-2-8-18-35)42-27-28-43(58-42)50(36-19-9-3-10-20-36)45-31-32-47(60-45)52(54(40)61-48)38-23-13-5-14-24-38/h2-33,41,46,53-55,58,61H,34H2,1H3/b49-42-,50-43-,51-48-,52-47-/t41-,46?,53-,54?,55+/m0/s1. The van der Waals surface area contributed by atoms with Gasteiger partial charge in [0.1, 0.15) is 0 Å². The van der Waals surface area contributed by atoms with E-state index in [4.69, 9.17) is 9.98 Å². The highest BCUT2D eigenvalue weighted by Gasteiger charge is 2.59.